The van der Waals surface area contributed by atoms with E-state index in [9.17, 15) is 9.59 Å². The second-order valence-corrected chi connectivity index (χ2v) is 12.8. The van der Waals surface area contributed by atoms with Gasteiger partial charge >= 0.3 is 0 Å². The first-order valence-electron chi connectivity index (χ1n) is 16.2. The molecule has 0 saturated heterocycles. The Morgan fingerprint density at radius 2 is 0.938 bits per heavy atom. The van der Waals surface area contributed by atoms with E-state index in [4.69, 9.17) is 19.7 Å². The highest BCUT2D eigenvalue weighted by atomic mass is 16.5. The molecule has 0 fully saturated rings. The van der Waals surface area contributed by atoms with Gasteiger partial charge in [0.25, 0.3) is 11.8 Å². The van der Waals surface area contributed by atoms with Crippen LogP contribution in [0.15, 0.2) is 109 Å². The summed E-state index contributed by atoms with van der Waals surface area (Å²) in [5, 5.41) is 9.97. The molecule has 1 aliphatic rings. The van der Waals surface area contributed by atoms with Crippen molar-refractivity contribution in [3.63, 3.8) is 0 Å². The molecular formula is C40H36N4O4. The number of ether oxygens (including phenoxy) is 2. The number of aromatic nitrogens is 3. The molecule has 7 rings (SSSR count). The van der Waals surface area contributed by atoms with Crippen molar-refractivity contribution in [3.05, 3.63) is 120 Å². The number of carbonyl (C=O) groups excluding carboxylic acids is 2. The van der Waals surface area contributed by atoms with Crippen LogP contribution in [-0.4, -0.2) is 40.0 Å². The van der Waals surface area contributed by atoms with E-state index in [-0.39, 0.29) is 11.8 Å². The van der Waals surface area contributed by atoms with E-state index in [0.717, 1.165) is 44.8 Å². The van der Waals surface area contributed by atoms with Crippen molar-refractivity contribution in [2.45, 2.75) is 27.7 Å². The lowest BCUT2D eigenvalue weighted by molar-refractivity contribution is 0.0926. The van der Waals surface area contributed by atoms with Gasteiger partial charge in [-0.2, -0.15) is 4.80 Å². The molecule has 8 nitrogen and oxygen atoms in total. The average molecular weight is 637 g/mol. The number of imide groups is 1. The van der Waals surface area contributed by atoms with E-state index in [1.807, 2.05) is 60.7 Å². The van der Waals surface area contributed by atoms with Crippen LogP contribution in [-0.2, 0) is 0 Å². The molecule has 1 aromatic heterocycles. The van der Waals surface area contributed by atoms with E-state index in [1.165, 1.54) is 4.90 Å². The number of amides is 2. The van der Waals surface area contributed by atoms with E-state index >= 15 is 0 Å². The van der Waals surface area contributed by atoms with E-state index < -0.39 is 0 Å². The first-order chi connectivity index (χ1) is 23.3. The molecule has 8 heteroatoms. The molecule has 2 amide bonds. The Bertz CT molecular complexity index is 1990. The summed E-state index contributed by atoms with van der Waals surface area (Å²) in [5.74, 6) is 1.85. The molecule has 0 unspecified atom stereocenters. The van der Waals surface area contributed by atoms with Crippen molar-refractivity contribution < 1.29 is 19.1 Å². The molecule has 240 valence electrons. The summed E-state index contributed by atoms with van der Waals surface area (Å²) in [5.41, 5.74) is 7.35. The minimum Gasteiger partial charge on any atom is -0.493 e. The molecule has 0 aliphatic carbocycles. The monoisotopic (exact) mass is 636 g/mol. The third-order valence-electron chi connectivity index (χ3n) is 8.17. The third kappa shape index (κ3) is 5.93. The molecule has 5 aromatic carbocycles. The smallest absolute Gasteiger partial charge is 0.266 e. The summed E-state index contributed by atoms with van der Waals surface area (Å²) < 4.78 is 11.8. The Labute approximate surface area is 279 Å². The number of carbonyl (C=O) groups is 2. The molecular weight excluding hydrogens is 600 g/mol. The van der Waals surface area contributed by atoms with Gasteiger partial charge in [0, 0.05) is 11.1 Å². The van der Waals surface area contributed by atoms with Gasteiger partial charge in [0.2, 0.25) is 0 Å². The number of anilines is 1. The zero-order valence-electron chi connectivity index (χ0n) is 27.4. The Morgan fingerprint density at radius 1 is 0.521 bits per heavy atom. The Balaban J connectivity index is 1.26. The number of nitrogens with zero attached hydrogens (tertiary/aromatic N) is 4. The van der Waals surface area contributed by atoms with Crippen molar-refractivity contribution in [2.75, 3.05) is 18.1 Å². The fraction of sp³-hybridized carbons (Fsp3) is 0.200. The highest BCUT2D eigenvalue weighted by molar-refractivity contribution is 6.34. The predicted molar refractivity (Wildman–Crippen MR) is 188 cm³/mol. The summed E-state index contributed by atoms with van der Waals surface area (Å²) >= 11 is 0. The topological polar surface area (TPSA) is 86.5 Å². The molecule has 0 N–H and O–H groups in total. The van der Waals surface area contributed by atoms with Crippen LogP contribution in [0, 0.1) is 11.8 Å². The second kappa shape index (κ2) is 12.8. The lowest BCUT2D eigenvalue weighted by Crippen LogP contribution is -2.29. The quantitative estimate of drug-likeness (QED) is 0.140. The fourth-order valence-corrected chi connectivity index (χ4v) is 5.72. The Kier molecular flexibility index (Phi) is 8.23. The zero-order chi connectivity index (χ0) is 33.4. The van der Waals surface area contributed by atoms with Gasteiger partial charge in [-0.15, -0.1) is 10.2 Å². The summed E-state index contributed by atoms with van der Waals surface area (Å²) in [6.45, 7) is 9.81. The zero-order valence-corrected chi connectivity index (χ0v) is 27.4. The summed E-state index contributed by atoms with van der Waals surface area (Å²) in [6.07, 6.45) is 0. The first kappa shape index (κ1) is 30.9. The van der Waals surface area contributed by atoms with E-state index in [0.29, 0.717) is 47.6 Å². The minimum atomic E-state index is -0.332. The number of hydrogen-bond acceptors (Lipinski definition) is 6. The van der Waals surface area contributed by atoms with Gasteiger partial charge < -0.3 is 9.47 Å². The van der Waals surface area contributed by atoms with Gasteiger partial charge in [0.05, 0.1) is 35.7 Å². The van der Waals surface area contributed by atoms with Crippen molar-refractivity contribution in [3.8, 4) is 39.4 Å². The normalized spacial score (nSPS) is 12.8. The molecule has 48 heavy (non-hydrogen) atoms. The lowest BCUT2D eigenvalue weighted by atomic mass is 9.98. The van der Waals surface area contributed by atoms with E-state index in [2.05, 4.69) is 39.8 Å². The van der Waals surface area contributed by atoms with E-state index in [1.54, 1.807) is 41.2 Å². The molecule has 0 saturated carbocycles. The molecule has 6 aromatic rings. The van der Waals surface area contributed by atoms with Crippen LogP contribution >= 0.6 is 0 Å². The largest absolute Gasteiger partial charge is 0.493 e. The standard InChI is InChI=1S/C40H36N4O4/c1-25(2)23-47-31-17-9-27(10-18-31)33-21-22-34(28-11-19-32(20-12-28)48-24-26(3)4)38-37(33)41-44(42-38)30-15-13-29(14-16-30)43-39(45)35-7-5-6-8-36(35)40(43)46/h5-22,25-26H,23-24H2,1-4H3. The van der Waals surface area contributed by atoms with Crippen LogP contribution in [0.4, 0.5) is 5.69 Å². The van der Waals surface area contributed by atoms with Crippen molar-refractivity contribution in [1.82, 2.24) is 15.0 Å². The average Bonchev–Trinajstić information content (AvgIpc) is 3.66. The molecule has 0 bridgehead atoms. The molecule has 1 aliphatic heterocycles. The summed E-state index contributed by atoms with van der Waals surface area (Å²) in [4.78, 5) is 28.9. The maximum atomic E-state index is 13.1. The predicted octanol–water partition coefficient (Wildman–Crippen LogP) is 8.62. The molecule has 2 heterocycles. The highest BCUT2D eigenvalue weighted by Crippen LogP contribution is 2.36. The first-order valence-corrected chi connectivity index (χ1v) is 16.2. The SMILES string of the molecule is CC(C)COc1ccc(-c2ccc(-c3ccc(OCC(C)C)cc3)c3nn(-c4ccc(N5C(=O)c6ccccc6C5=O)cc4)nc23)cc1. The second-order valence-electron chi connectivity index (χ2n) is 12.8. The maximum absolute atomic E-state index is 13.1. The molecule has 0 spiro atoms. The summed E-state index contributed by atoms with van der Waals surface area (Å²) in [7, 11) is 0. The van der Waals surface area contributed by atoms with Crippen molar-refractivity contribution in [1.29, 1.82) is 0 Å². The van der Waals surface area contributed by atoms with Crippen LogP contribution in [0.2, 0.25) is 0 Å². The van der Waals surface area contributed by atoms with Crippen molar-refractivity contribution in [2.24, 2.45) is 11.8 Å². The number of rotatable bonds is 10. The van der Waals surface area contributed by atoms with Gasteiger partial charge in [-0.1, -0.05) is 76.2 Å². The molecule has 0 atom stereocenters. The number of fused-ring (bicyclic) bond motifs is 2. The van der Waals surface area contributed by atoms with Gasteiger partial charge in [-0.3, -0.25) is 9.59 Å². The third-order valence-corrected chi connectivity index (χ3v) is 8.17. The summed E-state index contributed by atoms with van der Waals surface area (Å²) in [6, 6.07) is 34.3. The van der Waals surface area contributed by atoms with Crippen LogP contribution in [0.25, 0.3) is 39.0 Å². The Morgan fingerprint density at radius 3 is 1.35 bits per heavy atom. The van der Waals surface area contributed by atoms with Crippen LogP contribution in [0.1, 0.15) is 48.4 Å². The molecule has 0 radical (unpaired) electrons. The van der Waals surface area contributed by atoms with Gasteiger partial charge in [0.1, 0.15) is 22.5 Å². The van der Waals surface area contributed by atoms with Crippen LogP contribution < -0.4 is 14.4 Å². The maximum Gasteiger partial charge on any atom is 0.266 e. The van der Waals surface area contributed by atoms with Gasteiger partial charge in [-0.25, -0.2) is 4.90 Å². The lowest BCUT2D eigenvalue weighted by Gasteiger charge is -2.14. The van der Waals surface area contributed by atoms with Gasteiger partial charge in [0.15, 0.2) is 0 Å². The number of benzene rings is 5. The van der Waals surface area contributed by atoms with Gasteiger partial charge in [-0.05, 0) is 83.6 Å². The highest BCUT2D eigenvalue weighted by Gasteiger charge is 2.36. The van der Waals surface area contributed by atoms with Crippen molar-refractivity contribution >= 4 is 28.5 Å². The minimum absolute atomic E-state index is 0.332. The Hall–Kier alpha value is -5.76. The fourth-order valence-electron chi connectivity index (χ4n) is 5.72. The number of hydrogen-bond donors (Lipinski definition) is 0. The van der Waals surface area contributed by atoms with Crippen LogP contribution in [0.5, 0.6) is 11.5 Å². The van der Waals surface area contributed by atoms with Crippen LogP contribution in [0.3, 0.4) is 0 Å².